The van der Waals surface area contributed by atoms with E-state index in [1.54, 1.807) is 0 Å². The largest absolute Gasteiger partial charge is 0.380 e. The quantitative estimate of drug-likeness (QED) is 0.437. The van der Waals surface area contributed by atoms with Crippen molar-refractivity contribution in [3.8, 4) is 24.7 Å². The number of hydrogen-bond donors (Lipinski definition) is 2. The molecule has 0 spiro atoms. The van der Waals surface area contributed by atoms with Crippen molar-refractivity contribution in [1.82, 2.24) is 0 Å². The summed E-state index contributed by atoms with van der Waals surface area (Å²) in [6.07, 6.45) is 19.7. The summed E-state index contributed by atoms with van der Waals surface area (Å²) in [7, 11) is 0. The molecule has 0 heterocycles. The maximum atomic E-state index is 9.15. The molecule has 102 valence electrons. The van der Waals surface area contributed by atoms with E-state index >= 15 is 0 Å². The summed E-state index contributed by atoms with van der Waals surface area (Å²) >= 11 is 0. The zero-order valence-electron chi connectivity index (χ0n) is 11.3. The first kappa shape index (κ1) is 17.0. The maximum Gasteiger partial charge on any atom is 0.114 e. The molecule has 0 rings (SSSR count). The monoisotopic (exact) mass is 250 g/mol. The van der Waals surface area contributed by atoms with Crippen molar-refractivity contribution in [3.63, 3.8) is 0 Å². The van der Waals surface area contributed by atoms with Crippen LogP contribution in [0.2, 0.25) is 0 Å². The Balaban J connectivity index is 3.09. The molecule has 0 aliphatic carbocycles. The Labute approximate surface area is 112 Å². The SMILES string of the molecule is C#CC(O)CCCCCCCCCCC(O)C#C. The second kappa shape index (κ2) is 12.5. The van der Waals surface area contributed by atoms with Crippen LogP contribution in [0.15, 0.2) is 0 Å². The highest BCUT2D eigenvalue weighted by molar-refractivity contribution is 4.93. The molecular weight excluding hydrogens is 224 g/mol. The van der Waals surface area contributed by atoms with Crippen LogP contribution in [0.25, 0.3) is 0 Å². The zero-order chi connectivity index (χ0) is 13.6. The maximum absolute atomic E-state index is 9.15. The van der Waals surface area contributed by atoms with Gasteiger partial charge >= 0.3 is 0 Å². The van der Waals surface area contributed by atoms with Gasteiger partial charge in [-0.15, -0.1) is 12.8 Å². The molecule has 0 radical (unpaired) electrons. The highest BCUT2D eigenvalue weighted by atomic mass is 16.3. The van der Waals surface area contributed by atoms with Gasteiger partial charge in [0.2, 0.25) is 0 Å². The van der Waals surface area contributed by atoms with E-state index in [0.717, 1.165) is 38.5 Å². The van der Waals surface area contributed by atoms with E-state index in [-0.39, 0.29) is 0 Å². The van der Waals surface area contributed by atoms with Gasteiger partial charge in [-0.1, -0.05) is 50.4 Å². The van der Waals surface area contributed by atoms with Crippen molar-refractivity contribution in [1.29, 1.82) is 0 Å². The summed E-state index contributed by atoms with van der Waals surface area (Å²) in [5.41, 5.74) is 0. The Hall–Kier alpha value is -0.960. The summed E-state index contributed by atoms with van der Waals surface area (Å²) in [5.74, 6) is 4.65. The van der Waals surface area contributed by atoms with Crippen LogP contribution >= 0.6 is 0 Å². The second-order valence-corrected chi connectivity index (χ2v) is 4.77. The molecule has 0 aromatic rings. The minimum absolute atomic E-state index is 0.562. The smallest absolute Gasteiger partial charge is 0.114 e. The lowest BCUT2D eigenvalue weighted by Gasteiger charge is -2.04. The summed E-state index contributed by atoms with van der Waals surface area (Å²) in [5, 5.41) is 18.3. The Morgan fingerprint density at radius 2 is 0.889 bits per heavy atom. The minimum atomic E-state index is -0.562. The number of aliphatic hydroxyl groups excluding tert-OH is 2. The first-order chi connectivity index (χ1) is 8.70. The lowest BCUT2D eigenvalue weighted by atomic mass is 10.0. The van der Waals surface area contributed by atoms with E-state index in [1.807, 2.05) is 0 Å². The van der Waals surface area contributed by atoms with Crippen molar-refractivity contribution < 1.29 is 10.2 Å². The molecule has 18 heavy (non-hydrogen) atoms. The normalized spacial score (nSPS) is 13.6. The second-order valence-electron chi connectivity index (χ2n) is 4.77. The average Bonchev–Trinajstić information content (AvgIpc) is 2.40. The van der Waals surface area contributed by atoms with Gasteiger partial charge in [0.15, 0.2) is 0 Å². The summed E-state index contributed by atoms with van der Waals surface area (Å²) in [6, 6.07) is 0. The zero-order valence-corrected chi connectivity index (χ0v) is 11.3. The van der Waals surface area contributed by atoms with Gasteiger partial charge < -0.3 is 10.2 Å². The van der Waals surface area contributed by atoms with Gasteiger partial charge in [-0.2, -0.15) is 0 Å². The standard InChI is InChI=1S/C16H26O2/c1-3-15(17)13-11-9-7-5-6-8-10-12-14-16(18)4-2/h1-2,15-18H,5-14H2. The topological polar surface area (TPSA) is 40.5 Å². The molecule has 2 nitrogen and oxygen atoms in total. The third-order valence-corrected chi connectivity index (χ3v) is 3.09. The number of aliphatic hydroxyl groups is 2. The Morgan fingerprint density at radius 1 is 0.611 bits per heavy atom. The molecule has 0 saturated carbocycles. The predicted octanol–water partition coefficient (Wildman–Crippen LogP) is 2.88. The van der Waals surface area contributed by atoms with E-state index in [0.29, 0.717) is 0 Å². The van der Waals surface area contributed by atoms with Gasteiger partial charge in [0, 0.05) is 0 Å². The van der Waals surface area contributed by atoms with Crippen molar-refractivity contribution in [3.05, 3.63) is 0 Å². The van der Waals surface area contributed by atoms with E-state index < -0.39 is 12.2 Å². The Kier molecular flexibility index (Phi) is 11.8. The molecule has 2 heteroatoms. The van der Waals surface area contributed by atoms with Gasteiger partial charge in [0.1, 0.15) is 12.2 Å². The molecule has 0 fully saturated rings. The van der Waals surface area contributed by atoms with Crippen LogP contribution in [0.5, 0.6) is 0 Å². The first-order valence-corrected chi connectivity index (χ1v) is 6.99. The fourth-order valence-corrected chi connectivity index (χ4v) is 1.90. The molecule has 0 aromatic carbocycles. The first-order valence-electron chi connectivity index (χ1n) is 6.99. The highest BCUT2D eigenvalue weighted by Crippen LogP contribution is 2.11. The Bertz CT molecular complexity index is 231. The van der Waals surface area contributed by atoms with E-state index in [2.05, 4.69) is 11.8 Å². The molecule has 0 aromatic heterocycles. The fraction of sp³-hybridized carbons (Fsp3) is 0.750. The van der Waals surface area contributed by atoms with Gasteiger partial charge in [0.05, 0.1) is 0 Å². The van der Waals surface area contributed by atoms with Crippen molar-refractivity contribution in [2.45, 2.75) is 76.4 Å². The molecule has 2 unspecified atom stereocenters. The molecule has 0 bridgehead atoms. The van der Waals surface area contributed by atoms with Crippen molar-refractivity contribution >= 4 is 0 Å². The molecule has 2 N–H and O–H groups in total. The van der Waals surface area contributed by atoms with Crippen LogP contribution in [0.4, 0.5) is 0 Å². The third kappa shape index (κ3) is 11.5. The molecule has 0 amide bonds. The van der Waals surface area contributed by atoms with E-state index in [1.165, 1.54) is 25.7 Å². The van der Waals surface area contributed by atoms with Crippen LogP contribution < -0.4 is 0 Å². The van der Waals surface area contributed by atoms with Crippen LogP contribution in [0, 0.1) is 24.7 Å². The molecule has 0 saturated heterocycles. The predicted molar refractivity (Wildman–Crippen MR) is 75.8 cm³/mol. The van der Waals surface area contributed by atoms with Crippen LogP contribution in [0.3, 0.4) is 0 Å². The Morgan fingerprint density at radius 3 is 1.17 bits per heavy atom. The number of hydrogen-bond acceptors (Lipinski definition) is 2. The number of rotatable bonds is 11. The summed E-state index contributed by atoms with van der Waals surface area (Å²) in [6.45, 7) is 0. The lowest BCUT2D eigenvalue weighted by molar-refractivity contribution is 0.216. The van der Waals surface area contributed by atoms with Crippen molar-refractivity contribution in [2.24, 2.45) is 0 Å². The highest BCUT2D eigenvalue weighted by Gasteiger charge is 1.99. The van der Waals surface area contributed by atoms with E-state index in [9.17, 15) is 0 Å². The van der Waals surface area contributed by atoms with Gasteiger partial charge in [-0.25, -0.2) is 0 Å². The molecular formula is C16H26O2. The summed E-state index contributed by atoms with van der Waals surface area (Å²) in [4.78, 5) is 0. The minimum Gasteiger partial charge on any atom is -0.380 e. The molecule has 2 atom stereocenters. The van der Waals surface area contributed by atoms with Gasteiger partial charge in [0.25, 0.3) is 0 Å². The van der Waals surface area contributed by atoms with Gasteiger partial charge in [-0.05, 0) is 25.7 Å². The molecule has 0 aliphatic heterocycles. The number of terminal acetylenes is 2. The molecule has 0 aliphatic rings. The summed E-state index contributed by atoms with van der Waals surface area (Å²) < 4.78 is 0. The number of unbranched alkanes of at least 4 members (excludes halogenated alkanes) is 7. The van der Waals surface area contributed by atoms with Crippen molar-refractivity contribution in [2.75, 3.05) is 0 Å². The lowest BCUT2D eigenvalue weighted by Crippen LogP contribution is -2.01. The van der Waals surface area contributed by atoms with Crippen LogP contribution in [0.1, 0.15) is 64.2 Å². The third-order valence-electron chi connectivity index (χ3n) is 3.09. The fourth-order valence-electron chi connectivity index (χ4n) is 1.90. The van der Waals surface area contributed by atoms with Crippen LogP contribution in [-0.2, 0) is 0 Å². The van der Waals surface area contributed by atoms with Crippen LogP contribution in [-0.4, -0.2) is 22.4 Å². The average molecular weight is 250 g/mol. The van der Waals surface area contributed by atoms with E-state index in [4.69, 9.17) is 23.1 Å². The van der Waals surface area contributed by atoms with Gasteiger partial charge in [-0.3, -0.25) is 0 Å².